The van der Waals surface area contributed by atoms with E-state index in [0.717, 1.165) is 27.7 Å². The molecule has 10 heteroatoms. The van der Waals surface area contributed by atoms with Gasteiger partial charge in [-0.3, -0.25) is 14.6 Å². The Hall–Kier alpha value is -3.24. The highest BCUT2D eigenvalue weighted by atomic mass is 32.1. The Morgan fingerprint density at radius 2 is 2.14 bits per heavy atom. The average Bonchev–Trinajstić information content (AvgIpc) is 3.39. The molecule has 0 atom stereocenters. The van der Waals surface area contributed by atoms with Crippen molar-refractivity contribution in [3.63, 3.8) is 0 Å². The van der Waals surface area contributed by atoms with Gasteiger partial charge in [0.15, 0.2) is 10.9 Å². The number of aromatic nitrogens is 5. The first-order valence-corrected chi connectivity index (χ1v) is 9.48. The van der Waals surface area contributed by atoms with Gasteiger partial charge in [0, 0.05) is 17.1 Å². The summed E-state index contributed by atoms with van der Waals surface area (Å²) >= 11 is 1.24. The molecule has 0 saturated heterocycles. The van der Waals surface area contributed by atoms with Gasteiger partial charge in [0.1, 0.15) is 4.88 Å². The molecule has 144 valence electrons. The molecule has 0 spiro atoms. The van der Waals surface area contributed by atoms with E-state index in [-0.39, 0.29) is 12.5 Å². The van der Waals surface area contributed by atoms with Crippen molar-refractivity contribution in [3.8, 4) is 0 Å². The fourth-order valence-corrected chi connectivity index (χ4v) is 3.58. The Morgan fingerprint density at radius 1 is 1.29 bits per heavy atom. The van der Waals surface area contributed by atoms with Gasteiger partial charge in [-0.2, -0.15) is 10.2 Å². The van der Waals surface area contributed by atoms with Gasteiger partial charge in [-0.15, -0.1) is 0 Å². The number of nitrogens with one attached hydrogen (secondary N) is 3. The number of anilines is 3. The molecular weight excluding hydrogens is 378 g/mol. The summed E-state index contributed by atoms with van der Waals surface area (Å²) in [4.78, 5) is 17.5. The first kappa shape index (κ1) is 18.1. The molecule has 1 aromatic carbocycles. The Balaban J connectivity index is 1.51. The molecule has 28 heavy (non-hydrogen) atoms. The van der Waals surface area contributed by atoms with Gasteiger partial charge >= 0.3 is 0 Å². The lowest BCUT2D eigenvalue weighted by Gasteiger charge is -2.08. The third-order valence-electron chi connectivity index (χ3n) is 4.30. The first-order valence-electron chi connectivity index (χ1n) is 8.67. The summed E-state index contributed by atoms with van der Waals surface area (Å²) in [6.07, 6.45) is 5.07. The van der Waals surface area contributed by atoms with Gasteiger partial charge in [-0.25, -0.2) is 4.98 Å². The van der Waals surface area contributed by atoms with Crippen LogP contribution < -0.4 is 10.6 Å². The van der Waals surface area contributed by atoms with E-state index in [1.807, 2.05) is 32.2 Å². The molecule has 0 unspecified atom stereocenters. The molecule has 0 fully saturated rings. The molecule has 0 aliphatic rings. The van der Waals surface area contributed by atoms with Crippen molar-refractivity contribution in [1.29, 1.82) is 0 Å². The molecule has 0 aliphatic heterocycles. The van der Waals surface area contributed by atoms with Crippen LogP contribution in [0.3, 0.4) is 0 Å². The number of hydrogen-bond acceptors (Lipinski definition) is 7. The van der Waals surface area contributed by atoms with Crippen molar-refractivity contribution in [2.75, 3.05) is 17.2 Å². The summed E-state index contributed by atoms with van der Waals surface area (Å²) in [5, 5.41) is 27.8. The summed E-state index contributed by atoms with van der Waals surface area (Å²) in [6, 6.07) is 3.86. The van der Waals surface area contributed by atoms with Crippen molar-refractivity contribution in [3.05, 3.63) is 46.7 Å². The van der Waals surface area contributed by atoms with E-state index >= 15 is 0 Å². The van der Waals surface area contributed by atoms with Crippen LogP contribution in [-0.2, 0) is 6.54 Å². The lowest BCUT2D eigenvalue weighted by molar-refractivity contribution is 0.103. The van der Waals surface area contributed by atoms with Crippen LogP contribution in [0.4, 0.5) is 16.6 Å². The van der Waals surface area contributed by atoms with Crippen LogP contribution in [0.25, 0.3) is 10.9 Å². The van der Waals surface area contributed by atoms with Crippen LogP contribution in [0, 0.1) is 13.8 Å². The van der Waals surface area contributed by atoms with Crippen molar-refractivity contribution >= 4 is 44.8 Å². The second kappa shape index (κ2) is 7.41. The molecular formula is C18H19N7O2S. The number of aliphatic hydroxyl groups is 1. The number of aryl methyl sites for hydroxylation is 2. The maximum atomic E-state index is 12.7. The summed E-state index contributed by atoms with van der Waals surface area (Å²) in [5.74, 6) is 0.415. The SMILES string of the molecule is Cc1cn(CCO)nc1Nc1ncc(C(=O)Nc2c(C)ccc3[nH]ncc23)s1. The minimum absolute atomic E-state index is 0.0188. The van der Waals surface area contributed by atoms with E-state index in [0.29, 0.717) is 22.4 Å². The Morgan fingerprint density at radius 3 is 2.96 bits per heavy atom. The number of amides is 1. The van der Waals surface area contributed by atoms with Gasteiger partial charge in [-0.1, -0.05) is 17.4 Å². The monoisotopic (exact) mass is 397 g/mol. The quantitative estimate of drug-likeness (QED) is 0.397. The molecule has 9 nitrogen and oxygen atoms in total. The van der Waals surface area contributed by atoms with Gasteiger partial charge in [0.2, 0.25) is 0 Å². The highest BCUT2D eigenvalue weighted by Crippen LogP contribution is 2.28. The molecule has 4 aromatic rings. The molecule has 0 saturated carbocycles. The van der Waals surface area contributed by atoms with Crippen LogP contribution in [0.2, 0.25) is 0 Å². The maximum absolute atomic E-state index is 12.7. The molecule has 3 heterocycles. The zero-order valence-corrected chi connectivity index (χ0v) is 16.2. The minimum atomic E-state index is -0.232. The second-order valence-corrected chi connectivity index (χ2v) is 7.38. The molecule has 4 rings (SSSR count). The van der Waals surface area contributed by atoms with Crippen molar-refractivity contribution < 1.29 is 9.90 Å². The Bertz CT molecular complexity index is 1140. The first-order chi connectivity index (χ1) is 13.5. The van der Waals surface area contributed by atoms with Crippen LogP contribution in [-0.4, -0.2) is 42.6 Å². The number of benzene rings is 1. The highest BCUT2D eigenvalue weighted by molar-refractivity contribution is 7.17. The zero-order chi connectivity index (χ0) is 19.7. The molecule has 0 aliphatic carbocycles. The van der Waals surface area contributed by atoms with Crippen molar-refractivity contribution in [1.82, 2.24) is 25.0 Å². The predicted molar refractivity (Wildman–Crippen MR) is 108 cm³/mol. The van der Waals surface area contributed by atoms with Gasteiger partial charge in [-0.05, 0) is 25.5 Å². The third-order valence-corrected chi connectivity index (χ3v) is 5.21. The number of nitrogens with zero attached hydrogens (tertiary/aromatic N) is 4. The standard InChI is InChI=1S/C18H19N7O2S/c1-10-3-4-13-12(7-20-23-13)15(10)21-17(27)14-8-19-18(28-14)22-16-11(2)9-25(24-16)5-6-26/h3-4,7-9,26H,5-6H2,1-2H3,(H,20,23)(H,21,27)(H,19,22,24). The number of hydrogen-bond donors (Lipinski definition) is 4. The van der Waals surface area contributed by atoms with E-state index in [9.17, 15) is 4.79 Å². The largest absolute Gasteiger partial charge is 0.394 e. The minimum Gasteiger partial charge on any atom is -0.394 e. The number of rotatable bonds is 6. The molecule has 1 amide bonds. The lowest BCUT2D eigenvalue weighted by Crippen LogP contribution is -2.11. The number of H-pyrrole nitrogens is 1. The highest BCUT2D eigenvalue weighted by Gasteiger charge is 2.15. The maximum Gasteiger partial charge on any atom is 0.267 e. The van der Waals surface area contributed by atoms with Crippen LogP contribution >= 0.6 is 11.3 Å². The van der Waals surface area contributed by atoms with E-state index in [1.54, 1.807) is 10.9 Å². The molecule has 0 bridgehead atoms. The predicted octanol–water partition coefficient (Wildman–Crippen LogP) is 2.82. The van der Waals surface area contributed by atoms with E-state index in [1.165, 1.54) is 17.5 Å². The summed E-state index contributed by atoms with van der Waals surface area (Å²) in [7, 11) is 0. The number of aliphatic hydroxyl groups excluding tert-OH is 1. The summed E-state index contributed by atoms with van der Waals surface area (Å²) in [6.45, 7) is 4.30. The second-order valence-electron chi connectivity index (χ2n) is 6.34. The normalized spacial score (nSPS) is 11.1. The lowest BCUT2D eigenvalue weighted by atomic mass is 10.1. The van der Waals surface area contributed by atoms with Gasteiger partial charge in [0.25, 0.3) is 5.91 Å². The Kier molecular flexibility index (Phi) is 4.80. The summed E-state index contributed by atoms with van der Waals surface area (Å²) < 4.78 is 1.66. The number of carbonyl (C=O) groups excluding carboxylic acids is 1. The van der Waals surface area contributed by atoms with Crippen LogP contribution in [0.15, 0.2) is 30.7 Å². The van der Waals surface area contributed by atoms with Crippen LogP contribution in [0.1, 0.15) is 20.8 Å². The smallest absolute Gasteiger partial charge is 0.267 e. The average molecular weight is 397 g/mol. The fraction of sp³-hybridized carbons (Fsp3) is 0.222. The van der Waals surface area contributed by atoms with E-state index in [2.05, 4.69) is 30.9 Å². The zero-order valence-electron chi connectivity index (χ0n) is 15.4. The topological polar surface area (TPSA) is 121 Å². The number of carbonyl (C=O) groups is 1. The van der Waals surface area contributed by atoms with Crippen molar-refractivity contribution in [2.45, 2.75) is 20.4 Å². The summed E-state index contributed by atoms with van der Waals surface area (Å²) in [5.41, 5.74) is 3.48. The number of aromatic amines is 1. The van der Waals surface area contributed by atoms with Crippen molar-refractivity contribution in [2.24, 2.45) is 0 Å². The molecule has 4 N–H and O–H groups in total. The number of thiazole rings is 1. The number of fused-ring (bicyclic) bond motifs is 1. The van der Waals surface area contributed by atoms with E-state index in [4.69, 9.17) is 5.11 Å². The third kappa shape index (κ3) is 3.47. The van der Waals surface area contributed by atoms with Gasteiger partial charge in [0.05, 0.1) is 36.7 Å². The van der Waals surface area contributed by atoms with Crippen LogP contribution in [0.5, 0.6) is 0 Å². The Labute approximate surface area is 164 Å². The van der Waals surface area contributed by atoms with E-state index < -0.39 is 0 Å². The van der Waals surface area contributed by atoms with Gasteiger partial charge < -0.3 is 15.7 Å². The molecule has 0 radical (unpaired) electrons. The molecule has 3 aromatic heterocycles. The fourth-order valence-electron chi connectivity index (χ4n) is 2.87.